The molecule has 0 radical (unpaired) electrons. The number of rotatable bonds is 5. The van der Waals surface area contributed by atoms with Gasteiger partial charge in [0.05, 0.1) is 13.7 Å². The highest BCUT2D eigenvalue weighted by molar-refractivity contribution is 5.25. The van der Waals surface area contributed by atoms with E-state index in [0.29, 0.717) is 0 Å². The van der Waals surface area contributed by atoms with Crippen molar-refractivity contribution in [2.24, 2.45) is 0 Å². The van der Waals surface area contributed by atoms with Crippen LogP contribution in [0, 0.1) is 0 Å². The van der Waals surface area contributed by atoms with E-state index in [2.05, 4.69) is 20.9 Å². The van der Waals surface area contributed by atoms with E-state index in [1.54, 1.807) is 13.3 Å². The molecule has 0 unspecified atom stereocenters. The summed E-state index contributed by atoms with van der Waals surface area (Å²) in [6, 6.07) is 4.01. The van der Waals surface area contributed by atoms with E-state index in [0.717, 1.165) is 50.7 Å². The Hall–Kier alpha value is -1.17. The number of aliphatic hydroxyl groups is 1. The number of nitrogens with zero attached hydrogens (tertiary/aromatic N) is 3. The molecular formula is C13H21N3O2. The average Bonchev–Trinajstić information content (AvgIpc) is 2.42. The lowest BCUT2D eigenvalue weighted by atomic mass is 10.2. The first kappa shape index (κ1) is 13.3. The van der Waals surface area contributed by atoms with Gasteiger partial charge in [-0.25, -0.2) is 4.98 Å². The second kappa shape index (κ2) is 6.68. The highest BCUT2D eigenvalue weighted by Crippen LogP contribution is 2.16. The molecule has 18 heavy (non-hydrogen) atoms. The van der Waals surface area contributed by atoms with Crippen LogP contribution in [0.5, 0.6) is 5.88 Å². The number of methoxy groups -OCH3 is 1. The van der Waals surface area contributed by atoms with Gasteiger partial charge in [-0.05, 0) is 6.07 Å². The van der Waals surface area contributed by atoms with E-state index in [1.807, 2.05) is 6.07 Å². The Morgan fingerprint density at radius 3 is 2.67 bits per heavy atom. The summed E-state index contributed by atoms with van der Waals surface area (Å²) in [5, 5.41) is 8.91. The van der Waals surface area contributed by atoms with E-state index in [1.165, 1.54) is 0 Å². The van der Waals surface area contributed by atoms with Crippen molar-refractivity contribution in [3.8, 4) is 5.88 Å². The minimum atomic E-state index is 0.246. The molecule has 0 amide bonds. The van der Waals surface area contributed by atoms with Crippen molar-refractivity contribution >= 4 is 0 Å². The zero-order valence-electron chi connectivity index (χ0n) is 10.9. The Bertz CT molecular complexity index is 365. The van der Waals surface area contributed by atoms with Crippen LogP contribution in [0.15, 0.2) is 18.3 Å². The molecule has 0 spiro atoms. The number of hydrogen-bond acceptors (Lipinski definition) is 5. The van der Waals surface area contributed by atoms with Gasteiger partial charge in [-0.1, -0.05) is 6.07 Å². The molecule has 0 aliphatic carbocycles. The smallest absolute Gasteiger partial charge is 0.217 e. The molecule has 2 rings (SSSR count). The Morgan fingerprint density at radius 1 is 1.28 bits per heavy atom. The molecule has 1 aliphatic heterocycles. The van der Waals surface area contributed by atoms with Crippen LogP contribution in [0.2, 0.25) is 0 Å². The Morgan fingerprint density at radius 2 is 2.00 bits per heavy atom. The number of ether oxygens (including phenoxy) is 1. The molecule has 100 valence electrons. The van der Waals surface area contributed by atoms with Crippen molar-refractivity contribution in [1.29, 1.82) is 0 Å². The average molecular weight is 251 g/mol. The Kier molecular flexibility index (Phi) is 4.92. The highest BCUT2D eigenvalue weighted by Gasteiger charge is 2.17. The van der Waals surface area contributed by atoms with Crippen molar-refractivity contribution in [2.75, 3.05) is 46.4 Å². The first-order valence-electron chi connectivity index (χ1n) is 6.37. The summed E-state index contributed by atoms with van der Waals surface area (Å²) < 4.78 is 5.27. The van der Waals surface area contributed by atoms with Crippen LogP contribution >= 0.6 is 0 Å². The predicted molar refractivity (Wildman–Crippen MR) is 69.6 cm³/mol. The van der Waals surface area contributed by atoms with Crippen molar-refractivity contribution < 1.29 is 9.84 Å². The molecule has 1 aromatic rings. The topological polar surface area (TPSA) is 48.8 Å². The summed E-state index contributed by atoms with van der Waals surface area (Å²) in [6.45, 7) is 5.99. The molecule has 0 atom stereocenters. The molecule has 0 saturated carbocycles. The van der Waals surface area contributed by atoms with Gasteiger partial charge in [0.15, 0.2) is 0 Å². The standard InChI is InChI=1S/C13H21N3O2/c1-18-13-12(3-2-4-14-13)11-16-7-5-15(6-8-16)9-10-17/h2-4,17H,5-11H2,1H3. The predicted octanol–water partition coefficient (Wildman–Crippen LogP) is 0.200. The van der Waals surface area contributed by atoms with E-state index in [-0.39, 0.29) is 6.61 Å². The van der Waals surface area contributed by atoms with Gasteiger partial charge in [0, 0.05) is 51.0 Å². The zero-order chi connectivity index (χ0) is 12.8. The number of hydrogen-bond donors (Lipinski definition) is 1. The third-order valence-corrected chi connectivity index (χ3v) is 3.32. The first-order chi connectivity index (χ1) is 8.83. The fraction of sp³-hybridized carbons (Fsp3) is 0.615. The molecule has 0 aromatic carbocycles. The van der Waals surface area contributed by atoms with E-state index >= 15 is 0 Å². The molecule has 1 aromatic heterocycles. The minimum absolute atomic E-state index is 0.246. The largest absolute Gasteiger partial charge is 0.481 e. The number of piperazine rings is 1. The second-order valence-corrected chi connectivity index (χ2v) is 4.51. The van der Waals surface area contributed by atoms with Crippen molar-refractivity contribution in [1.82, 2.24) is 14.8 Å². The lowest BCUT2D eigenvalue weighted by molar-refractivity contribution is 0.108. The van der Waals surface area contributed by atoms with Gasteiger partial charge in [0.2, 0.25) is 5.88 Å². The quantitative estimate of drug-likeness (QED) is 0.810. The van der Waals surface area contributed by atoms with Gasteiger partial charge >= 0.3 is 0 Å². The summed E-state index contributed by atoms with van der Waals surface area (Å²) in [5.41, 5.74) is 1.13. The molecule has 5 heteroatoms. The summed E-state index contributed by atoms with van der Waals surface area (Å²) in [4.78, 5) is 8.90. The summed E-state index contributed by atoms with van der Waals surface area (Å²) in [7, 11) is 1.66. The first-order valence-corrected chi connectivity index (χ1v) is 6.37. The van der Waals surface area contributed by atoms with Crippen LogP contribution in [-0.2, 0) is 6.54 Å². The van der Waals surface area contributed by atoms with E-state index < -0.39 is 0 Å². The molecule has 0 bridgehead atoms. The lowest BCUT2D eigenvalue weighted by Gasteiger charge is -2.34. The van der Waals surface area contributed by atoms with Crippen LogP contribution in [-0.4, -0.2) is 66.3 Å². The fourth-order valence-electron chi connectivity index (χ4n) is 2.28. The van der Waals surface area contributed by atoms with Crippen LogP contribution in [0.1, 0.15) is 5.56 Å². The molecular weight excluding hydrogens is 230 g/mol. The minimum Gasteiger partial charge on any atom is -0.481 e. The highest BCUT2D eigenvalue weighted by atomic mass is 16.5. The van der Waals surface area contributed by atoms with Crippen LogP contribution in [0.25, 0.3) is 0 Å². The van der Waals surface area contributed by atoms with Crippen molar-refractivity contribution in [2.45, 2.75) is 6.54 Å². The van der Waals surface area contributed by atoms with Crippen LogP contribution in [0.3, 0.4) is 0 Å². The number of aliphatic hydroxyl groups excluding tert-OH is 1. The molecule has 2 heterocycles. The summed E-state index contributed by atoms with van der Waals surface area (Å²) >= 11 is 0. The Balaban J connectivity index is 1.87. The van der Waals surface area contributed by atoms with Crippen molar-refractivity contribution in [3.05, 3.63) is 23.9 Å². The van der Waals surface area contributed by atoms with E-state index in [4.69, 9.17) is 9.84 Å². The summed E-state index contributed by atoms with van der Waals surface area (Å²) in [6.07, 6.45) is 1.75. The SMILES string of the molecule is COc1ncccc1CN1CCN(CCO)CC1. The van der Waals surface area contributed by atoms with Gasteiger partial charge in [0.25, 0.3) is 0 Å². The van der Waals surface area contributed by atoms with Gasteiger partial charge in [-0.3, -0.25) is 9.80 Å². The normalized spacial score (nSPS) is 17.9. The second-order valence-electron chi connectivity index (χ2n) is 4.51. The molecule has 1 fully saturated rings. The maximum atomic E-state index is 8.91. The molecule has 5 nitrogen and oxygen atoms in total. The van der Waals surface area contributed by atoms with Gasteiger partial charge in [0.1, 0.15) is 0 Å². The maximum Gasteiger partial charge on any atom is 0.217 e. The van der Waals surface area contributed by atoms with Gasteiger partial charge in [-0.2, -0.15) is 0 Å². The number of β-amino-alcohol motifs (C(OH)–C–C–N with tert-alkyl or cyclic N) is 1. The third-order valence-electron chi connectivity index (χ3n) is 3.32. The van der Waals surface area contributed by atoms with Crippen LogP contribution < -0.4 is 4.74 Å². The van der Waals surface area contributed by atoms with Gasteiger partial charge < -0.3 is 9.84 Å². The number of pyridine rings is 1. The molecule has 1 N–H and O–H groups in total. The lowest BCUT2D eigenvalue weighted by Crippen LogP contribution is -2.46. The zero-order valence-corrected chi connectivity index (χ0v) is 10.9. The summed E-state index contributed by atoms with van der Waals surface area (Å²) in [5.74, 6) is 0.718. The molecule has 1 saturated heterocycles. The van der Waals surface area contributed by atoms with Crippen molar-refractivity contribution in [3.63, 3.8) is 0 Å². The van der Waals surface area contributed by atoms with Gasteiger partial charge in [-0.15, -0.1) is 0 Å². The Labute approximate surface area is 108 Å². The fourth-order valence-corrected chi connectivity index (χ4v) is 2.28. The molecule has 1 aliphatic rings. The monoisotopic (exact) mass is 251 g/mol. The van der Waals surface area contributed by atoms with E-state index in [9.17, 15) is 0 Å². The third kappa shape index (κ3) is 3.41. The van der Waals surface area contributed by atoms with Crippen LogP contribution in [0.4, 0.5) is 0 Å². The maximum absolute atomic E-state index is 8.91. The number of aromatic nitrogens is 1.